The summed E-state index contributed by atoms with van der Waals surface area (Å²) in [6, 6.07) is 21.1. The molecule has 1 N–H and O–H groups in total. The van der Waals surface area contributed by atoms with Crippen LogP contribution >= 0.6 is 0 Å². The largest absolute Gasteiger partial charge is 0.494 e. The van der Waals surface area contributed by atoms with E-state index >= 15 is 0 Å². The van der Waals surface area contributed by atoms with Gasteiger partial charge < -0.3 is 14.7 Å². The number of ketones is 1. The van der Waals surface area contributed by atoms with Gasteiger partial charge >= 0.3 is 0 Å². The van der Waals surface area contributed by atoms with Crippen LogP contribution in [0.2, 0.25) is 0 Å². The maximum absolute atomic E-state index is 12.9. The molecule has 0 fully saturated rings. The summed E-state index contributed by atoms with van der Waals surface area (Å²) in [7, 11) is 0. The van der Waals surface area contributed by atoms with E-state index in [0.717, 1.165) is 16.5 Å². The van der Waals surface area contributed by atoms with Crippen LogP contribution in [0.3, 0.4) is 0 Å². The molecule has 1 atom stereocenters. The molecule has 1 amide bonds. The normalized spacial score (nSPS) is 18.1. The van der Waals surface area contributed by atoms with Crippen LogP contribution in [0.1, 0.15) is 25.3 Å². The number of para-hydroxylation sites is 1. The fourth-order valence-electron chi connectivity index (χ4n) is 3.93. The molecule has 3 aromatic carbocycles. The molecule has 0 spiro atoms. The van der Waals surface area contributed by atoms with Crippen LogP contribution in [-0.2, 0) is 15.2 Å². The number of fused-ring (bicyclic) bond motifs is 2. The van der Waals surface area contributed by atoms with Gasteiger partial charge in [0.05, 0.1) is 12.3 Å². The predicted octanol–water partition coefficient (Wildman–Crippen LogP) is 3.82. The number of anilines is 1. The van der Waals surface area contributed by atoms with E-state index < -0.39 is 11.5 Å². The van der Waals surface area contributed by atoms with Gasteiger partial charge in [-0.05, 0) is 42.3 Å². The summed E-state index contributed by atoms with van der Waals surface area (Å²) in [5.74, 6) is 0.113. The summed E-state index contributed by atoms with van der Waals surface area (Å²) in [5.41, 5.74) is -0.621. The molecule has 1 aliphatic rings. The number of hydrogen-bond donors (Lipinski definition) is 1. The highest BCUT2D eigenvalue weighted by atomic mass is 16.5. The molecule has 29 heavy (non-hydrogen) atoms. The molecule has 0 saturated heterocycles. The summed E-state index contributed by atoms with van der Waals surface area (Å²) in [4.78, 5) is 26.1. The van der Waals surface area contributed by atoms with Crippen molar-refractivity contribution in [1.29, 1.82) is 0 Å². The zero-order valence-corrected chi connectivity index (χ0v) is 16.3. The van der Waals surface area contributed by atoms with Gasteiger partial charge in [-0.1, -0.05) is 48.5 Å². The summed E-state index contributed by atoms with van der Waals surface area (Å²) in [6.07, 6.45) is 0.385. The average Bonchev–Trinajstić information content (AvgIpc) is 2.92. The minimum Gasteiger partial charge on any atom is -0.494 e. The first kappa shape index (κ1) is 19.2. The number of amides is 1. The first-order valence-electron chi connectivity index (χ1n) is 9.74. The smallest absolute Gasteiger partial charge is 0.264 e. The van der Waals surface area contributed by atoms with E-state index in [0.29, 0.717) is 30.8 Å². The van der Waals surface area contributed by atoms with E-state index in [2.05, 4.69) is 6.07 Å². The van der Waals surface area contributed by atoms with Crippen LogP contribution in [0.5, 0.6) is 5.75 Å². The Balaban J connectivity index is 1.42. The van der Waals surface area contributed by atoms with Crippen molar-refractivity contribution < 1.29 is 19.4 Å². The standard InChI is InChI=1S/C24H23NO4/c1-17(26)16-24(28)21-9-4-5-10-22(21)25(23(24)27)13-6-14-29-20-12-11-18-7-2-3-8-19(18)15-20/h2-5,7-12,15,28H,6,13-14,16H2,1H3. The summed E-state index contributed by atoms with van der Waals surface area (Å²) in [5, 5.41) is 13.2. The SMILES string of the molecule is CC(=O)CC1(O)C(=O)N(CCCOc2ccc3ccccc3c2)c2ccccc21. The van der Waals surface area contributed by atoms with Crippen molar-refractivity contribution in [2.24, 2.45) is 0 Å². The molecule has 0 bridgehead atoms. The number of benzene rings is 3. The molecule has 0 radical (unpaired) electrons. The Hall–Kier alpha value is -3.18. The minimum atomic E-state index is -1.78. The van der Waals surface area contributed by atoms with Crippen LogP contribution in [0, 0.1) is 0 Å². The fraction of sp³-hybridized carbons (Fsp3) is 0.250. The Morgan fingerprint density at radius 2 is 1.76 bits per heavy atom. The second-order valence-electron chi connectivity index (χ2n) is 7.42. The number of carbonyl (C=O) groups is 2. The number of rotatable bonds is 7. The van der Waals surface area contributed by atoms with Crippen molar-refractivity contribution in [1.82, 2.24) is 0 Å². The molecule has 1 unspecified atom stereocenters. The maximum Gasteiger partial charge on any atom is 0.264 e. The molecule has 148 valence electrons. The Morgan fingerprint density at radius 3 is 2.55 bits per heavy atom. The molecule has 0 aromatic heterocycles. The molecule has 5 nitrogen and oxygen atoms in total. The summed E-state index contributed by atoms with van der Waals surface area (Å²) in [6.45, 7) is 2.23. The number of Topliss-reactive ketones (excluding diaryl/α,β-unsaturated/α-hetero) is 1. The minimum absolute atomic E-state index is 0.215. The van der Waals surface area contributed by atoms with E-state index in [4.69, 9.17) is 4.74 Å². The van der Waals surface area contributed by atoms with Gasteiger partial charge in [-0.15, -0.1) is 0 Å². The van der Waals surface area contributed by atoms with Crippen molar-refractivity contribution in [2.75, 3.05) is 18.1 Å². The van der Waals surface area contributed by atoms with Gasteiger partial charge in [-0.2, -0.15) is 0 Å². The molecule has 0 aliphatic carbocycles. The van der Waals surface area contributed by atoms with Gasteiger partial charge in [-0.25, -0.2) is 0 Å². The Kier molecular flexibility index (Phi) is 5.07. The van der Waals surface area contributed by atoms with Crippen molar-refractivity contribution in [3.8, 4) is 5.75 Å². The van der Waals surface area contributed by atoms with Crippen molar-refractivity contribution >= 4 is 28.2 Å². The Labute approximate surface area is 169 Å². The number of hydrogen-bond acceptors (Lipinski definition) is 4. The van der Waals surface area contributed by atoms with E-state index in [9.17, 15) is 14.7 Å². The topological polar surface area (TPSA) is 66.8 Å². The fourth-order valence-corrected chi connectivity index (χ4v) is 3.93. The van der Waals surface area contributed by atoms with Gasteiger partial charge in [0.15, 0.2) is 5.60 Å². The zero-order valence-electron chi connectivity index (χ0n) is 16.3. The highest BCUT2D eigenvalue weighted by Crippen LogP contribution is 2.42. The lowest BCUT2D eigenvalue weighted by molar-refractivity contribution is -0.141. The molecule has 0 saturated carbocycles. The van der Waals surface area contributed by atoms with Gasteiger partial charge in [0, 0.05) is 18.5 Å². The number of aliphatic hydroxyl groups is 1. The summed E-state index contributed by atoms with van der Waals surface area (Å²) < 4.78 is 5.86. The first-order valence-corrected chi connectivity index (χ1v) is 9.74. The third-order valence-electron chi connectivity index (χ3n) is 5.26. The van der Waals surface area contributed by atoms with Crippen molar-refractivity contribution in [3.63, 3.8) is 0 Å². The third kappa shape index (κ3) is 3.61. The quantitative estimate of drug-likeness (QED) is 0.624. The maximum atomic E-state index is 12.9. The van der Waals surface area contributed by atoms with E-state index in [1.54, 1.807) is 23.1 Å². The molecular formula is C24H23NO4. The average molecular weight is 389 g/mol. The Morgan fingerprint density at radius 1 is 1.03 bits per heavy atom. The molecule has 3 aromatic rings. The number of ether oxygens (including phenoxy) is 1. The molecule has 1 aliphatic heterocycles. The van der Waals surface area contributed by atoms with E-state index in [-0.39, 0.29) is 12.2 Å². The lowest BCUT2D eigenvalue weighted by atomic mass is 9.90. The van der Waals surface area contributed by atoms with Gasteiger partial charge in [-0.3, -0.25) is 9.59 Å². The Bertz CT molecular complexity index is 1080. The van der Waals surface area contributed by atoms with Gasteiger partial charge in [0.1, 0.15) is 11.5 Å². The highest BCUT2D eigenvalue weighted by molar-refractivity contribution is 6.08. The van der Waals surface area contributed by atoms with Crippen molar-refractivity contribution in [3.05, 3.63) is 72.3 Å². The lowest BCUT2D eigenvalue weighted by Crippen LogP contribution is -2.42. The monoisotopic (exact) mass is 389 g/mol. The molecule has 4 rings (SSSR count). The number of carbonyl (C=O) groups excluding carboxylic acids is 2. The predicted molar refractivity (Wildman–Crippen MR) is 112 cm³/mol. The van der Waals surface area contributed by atoms with Gasteiger partial charge in [0.2, 0.25) is 0 Å². The zero-order chi connectivity index (χ0) is 20.4. The second-order valence-corrected chi connectivity index (χ2v) is 7.42. The second kappa shape index (κ2) is 7.68. The van der Waals surface area contributed by atoms with Crippen LogP contribution in [-0.4, -0.2) is 29.9 Å². The first-order chi connectivity index (χ1) is 14.0. The molecular weight excluding hydrogens is 366 g/mol. The highest BCUT2D eigenvalue weighted by Gasteiger charge is 2.49. The third-order valence-corrected chi connectivity index (χ3v) is 5.26. The van der Waals surface area contributed by atoms with Crippen LogP contribution in [0.4, 0.5) is 5.69 Å². The molecule has 5 heteroatoms. The van der Waals surface area contributed by atoms with Gasteiger partial charge in [0.25, 0.3) is 5.91 Å². The van der Waals surface area contributed by atoms with E-state index in [1.165, 1.54) is 6.92 Å². The molecule has 1 heterocycles. The van der Waals surface area contributed by atoms with E-state index in [1.807, 2.05) is 42.5 Å². The van der Waals surface area contributed by atoms with Crippen LogP contribution in [0.15, 0.2) is 66.7 Å². The van der Waals surface area contributed by atoms with Crippen molar-refractivity contribution in [2.45, 2.75) is 25.4 Å². The number of nitrogens with zero attached hydrogens (tertiary/aromatic N) is 1. The lowest BCUT2D eigenvalue weighted by Gasteiger charge is -2.22. The van der Waals surface area contributed by atoms with Crippen LogP contribution in [0.25, 0.3) is 10.8 Å². The summed E-state index contributed by atoms with van der Waals surface area (Å²) >= 11 is 0. The van der Waals surface area contributed by atoms with Crippen LogP contribution < -0.4 is 9.64 Å².